The molecule has 21 heavy (non-hydrogen) atoms. The molecule has 0 spiro atoms. The molecular weight excluding hydrogens is 266 g/mol. The van der Waals surface area contributed by atoms with Gasteiger partial charge in [-0.15, -0.1) is 5.10 Å². The maximum Gasteiger partial charge on any atom is 0.186 e. The minimum absolute atomic E-state index is 0.0350. The third kappa shape index (κ3) is 2.34. The third-order valence-corrected chi connectivity index (χ3v) is 4.40. The third-order valence-electron chi connectivity index (χ3n) is 4.40. The number of ether oxygens (including phenoxy) is 1. The van der Waals surface area contributed by atoms with Crippen LogP contribution in [0, 0.1) is 0 Å². The van der Waals surface area contributed by atoms with Gasteiger partial charge in [-0.25, -0.2) is 4.68 Å². The Morgan fingerprint density at radius 1 is 1.24 bits per heavy atom. The van der Waals surface area contributed by atoms with Crippen molar-refractivity contribution in [2.45, 2.75) is 44.6 Å². The lowest BCUT2D eigenvalue weighted by Crippen LogP contribution is -2.34. The quantitative estimate of drug-likeness (QED) is 0.878. The summed E-state index contributed by atoms with van der Waals surface area (Å²) in [7, 11) is 1.62. The van der Waals surface area contributed by atoms with Crippen molar-refractivity contribution in [2.24, 2.45) is 0 Å². The zero-order chi connectivity index (χ0) is 14.9. The molecule has 2 N–H and O–H groups in total. The van der Waals surface area contributed by atoms with Gasteiger partial charge in [0.2, 0.25) is 0 Å². The van der Waals surface area contributed by atoms with Gasteiger partial charge in [0, 0.05) is 0 Å². The van der Waals surface area contributed by atoms with Crippen LogP contribution < -0.4 is 10.5 Å². The number of methoxy groups -OCH3 is 1. The molecule has 112 valence electrons. The maximum atomic E-state index is 6.00. The van der Waals surface area contributed by atoms with Crippen LogP contribution in [0.1, 0.15) is 39.0 Å². The molecule has 0 radical (unpaired) electrons. The molecule has 0 unspecified atom stereocenters. The molecule has 1 aromatic carbocycles. The van der Waals surface area contributed by atoms with Gasteiger partial charge in [0.25, 0.3) is 0 Å². The molecule has 0 amide bonds. The smallest absolute Gasteiger partial charge is 0.186 e. The van der Waals surface area contributed by atoms with Gasteiger partial charge in [-0.1, -0.05) is 25.3 Å². The molecule has 0 saturated heterocycles. The lowest BCUT2D eigenvalue weighted by atomic mass is 9.83. The summed E-state index contributed by atoms with van der Waals surface area (Å²) in [6, 6.07) is 5.66. The number of aromatic nitrogens is 4. The van der Waals surface area contributed by atoms with E-state index < -0.39 is 0 Å². The highest BCUT2D eigenvalue weighted by Gasteiger charge is 2.33. The Bertz CT molecular complexity index is 631. The molecule has 1 saturated carbocycles. The summed E-state index contributed by atoms with van der Waals surface area (Å²) in [5.74, 6) is 1.36. The van der Waals surface area contributed by atoms with E-state index in [2.05, 4.69) is 22.4 Å². The van der Waals surface area contributed by atoms with E-state index in [0.717, 1.165) is 24.2 Å². The molecule has 1 fully saturated rings. The van der Waals surface area contributed by atoms with Crippen molar-refractivity contribution < 1.29 is 4.74 Å². The van der Waals surface area contributed by atoms with Crippen molar-refractivity contribution in [1.29, 1.82) is 0 Å². The normalized spacial score (nSPS) is 17.6. The fourth-order valence-electron chi connectivity index (χ4n) is 3.20. The van der Waals surface area contributed by atoms with Gasteiger partial charge in [0.1, 0.15) is 0 Å². The first-order valence-electron chi connectivity index (χ1n) is 7.37. The molecule has 0 bridgehead atoms. The number of nitrogens with zero attached hydrogens (tertiary/aromatic N) is 4. The summed E-state index contributed by atoms with van der Waals surface area (Å²) in [5.41, 5.74) is 7.40. The molecular formula is C15H21N5O. The number of anilines is 1. The van der Waals surface area contributed by atoms with Crippen molar-refractivity contribution in [2.75, 3.05) is 12.8 Å². The first kappa shape index (κ1) is 13.9. The predicted molar refractivity (Wildman–Crippen MR) is 81.0 cm³/mol. The topological polar surface area (TPSA) is 78.8 Å². The predicted octanol–water partition coefficient (Wildman–Crippen LogP) is 2.61. The summed E-state index contributed by atoms with van der Waals surface area (Å²) in [5, 5.41) is 12.4. The monoisotopic (exact) mass is 287 g/mol. The Balaban J connectivity index is 2.09. The highest BCUT2D eigenvalue weighted by molar-refractivity contribution is 5.73. The summed E-state index contributed by atoms with van der Waals surface area (Å²) < 4.78 is 7.39. The van der Waals surface area contributed by atoms with Gasteiger partial charge in [0.15, 0.2) is 11.6 Å². The SMILES string of the molecule is COc1c(N)cccc1-c1nnnn1C1(C)CCCCC1. The molecule has 0 atom stereocenters. The van der Waals surface area contributed by atoms with Gasteiger partial charge in [0.05, 0.1) is 23.9 Å². The second-order valence-corrected chi connectivity index (χ2v) is 5.90. The number of tetrazole rings is 1. The molecule has 6 nitrogen and oxygen atoms in total. The first-order valence-corrected chi connectivity index (χ1v) is 7.37. The van der Waals surface area contributed by atoms with Crippen LogP contribution in [-0.2, 0) is 5.54 Å². The van der Waals surface area contributed by atoms with Crippen molar-refractivity contribution in [3.63, 3.8) is 0 Å². The molecule has 1 aromatic heterocycles. The largest absolute Gasteiger partial charge is 0.494 e. The number of para-hydroxylation sites is 1. The number of hydrogen-bond acceptors (Lipinski definition) is 5. The number of nitrogens with two attached hydrogens (primary N) is 1. The van der Waals surface area contributed by atoms with Crippen LogP contribution in [0.4, 0.5) is 5.69 Å². The Morgan fingerprint density at radius 2 is 2.00 bits per heavy atom. The van der Waals surface area contributed by atoms with Gasteiger partial charge >= 0.3 is 0 Å². The molecule has 1 aliphatic carbocycles. The molecule has 6 heteroatoms. The Kier molecular flexibility index (Phi) is 3.53. The highest BCUT2D eigenvalue weighted by Crippen LogP contribution is 2.39. The molecule has 3 rings (SSSR count). The number of nitrogen functional groups attached to an aromatic ring is 1. The second kappa shape index (κ2) is 5.35. The zero-order valence-corrected chi connectivity index (χ0v) is 12.5. The minimum Gasteiger partial charge on any atom is -0.494 e. The van der Waals surface area contributed by atoms with E-state index in [9.17, 15) is 0 Å². The first-order chi connectivity index (χ1) is 10.2. The molecule has 0 aliphatic heterocycles. The van der Waals surface area contributed by atoms with Crippen LogP contribution >= 0.6 is 0 Å². The second-order valence-electron chi connectivity index (χ2n) is 5.90. The molecule has 1 heterocycles. The summed E-state index contributed by atoms with van der Waals surface area (Å²) in [6.45, 7) is 2.23. The summed E-state index contributed by atoms with van der Waals surface area (Å²) >= 11 is 0. The van der Waals surface area contributed by atoms with E-state index in [4.69, 9.17) is 10.5 Å². The number of rotatable bonds is 3. The van der Waals surface area contributed by atoms with E-state index in [1.165, 1.54) is 19.3 Å². The van der Waals surface area contributed by atoms with Crippen LogP contribution in [0.25, 0.3) is 11.4 Å². The zero-order valence-electron chi connectivity index (χ0n) is 12.5. The number of benzene rings is 1. The lowest BCUT2D eigenvalue weighted by molar-refractivity contribution is 0.196. The van der Waals surface area contributed by atoms with Gasteiger partial charge in [-0.3, -0.25) is 0 Å². The van der Waals surface area contributed by atoms with Crippen molar-refractivity contribution >= 4 is 5.69 Å². The Labute approximate surface area is 124 Å². The van der Waals surface area contributed by atoms with Crippen LogP contribution in [0.2, 0.25) is 0 Å². The van der Waals surface area contributed by atoms with E-state index >= 15 is 0 Å². The number of hydrogen-bond donors (Lipinski definition) is 1. The van der Waals surface area contributed by atoms with Crippen molar-refractivity contribution in [1.82, 2.24) is 20.2 Å². The Hall–Kier alpha value is -2.11. The van der Waals surface area contributed by atoms with E-state index in [1.807, 2.05) is 22.9 Å². The van der Waals surface area contributed by atoms with E-state index in [1.54, 1.807) is 7.11 Å². The molecule has 2 aromatic rings. The van der Waals surface area contributed by atoms with Crippen LogP contribution in [0.3, 0.4) is 0 Å². The van der Waals surface area contributed by atoms with Crippen LogP contribution in [-0.4, -0.2) is 27.3 Å². The van der Waals surface area contributed by atoms with E-state index in [-0.39, 0.29) is 5.54 Å². The summed E-state index contributed by atoms with van der Waals surface area (Å²) in [6.07, 6.45) is 5.90. The molecule has 1 aliphatic rings. The average Bonchev–Trinajstić information content (AvgIpc) is 2.98. The minimum atomic E-state index is -0.0350. The van der Waals surface area contributed by atoms with Gasteiger partial charge < -0.3 is 10.5 Å². The van der Waals surface area contributed by atoms with E-state index in [0.29, 0.717) is 11.4 Å². The van der Waals surface area contributed by atoms with Crippen LogP contribution in [0.5, 0.6) is 5.75 Å². The fourth-order valence-corrected chi connectivity index (χ4v) is 3.20. The average molecular weight is 287 g/mol. The van der Waals surface area contributed by atoms with Crippen molar-refractivity contribution in [3.05, 3.63) is 18.2 Å². The van der Waals surface area contributed by atoms with Gasteiger partial charge in [-0.05, 0) is 42.3 Å². The standard InChI is InChI=1S/C15H21N5O/c1-15(9-4-3-5-10-15)20-14(17-18-19-20)11-7-6-8-12(16)13(11)21-2/h6-8H,3-5,9-10,16H2,1-2H3. The Morgan fingerprint density at radius 3 is 2.71 bits per heavy atom. The maximum absolute atomic E-state index is 6.00. The van der Waals surface area contributed by atoms with Crippen LogP contribution in [0.15, 0.2) is 18.2 Å². The van der Waals surface area contributed by atoms with Gasteiger partial charge in [-0.2, -0.15) is 0 Å². The lowest BCUT2D eigenvalue weighted by Gasteiger charge is -2.34. The summed E-state index contributed by atoms with van der Waals surface area (Å²) in [4.78, 5) is 0. The highest BCUT2D eigenvalue weighted by atomic mass is 16.5. The van der Waals surface area contributed by atoms with Crippen molar-refractivity contribution in [3.8, 4) is 17.1 Å². The fraction of sp³-hybridized carbons (Fsp3) is 0.533.